The number of aromatic amines is 1. The van der Waals surface area contributed by atoms with E-state index < -0.39 is 11.0 Å². The average molecular weight is 372 g/mol. The van der Waals surface area contributed by atoms with Gasteiger partial charge in [-0.25, -0.2) is 14.3 Å². The van der Waals surface area contributed by atoms with Gasteiger partial charge < -0.3 is 9.57 Å². The van der Waals surface area contributed by atoms with E-state index in [1.54, 1.807) is 17.9 Å². The molecule has 1 aromatic carbocycles. The second-order valence-electron chi connectivity index (χ2n) is 6.63. The minimum Gasteiger partial charge on any atom is -0.493 e. The summed E-state index contributed by atoms with van der Waals surface area (Å²) in [5.41, 5.74) is 3.67. The molecule has 0 aliphatic heterocycles. The third-order valence-electron chi connectivity index (χ3n) is 4.72. The first-order chi connectivity index (χ1) is 12.6. The third-order valence-corrected chi connectivity index (χ3v) is 5.44. The highest BCUT2D eigenvalue weighted by Gasteiger charge is 2.24. The van der Waals surface area contributed by atoms with Crippen LogP contribution in [0, 0.1) is 12.8 Å². The van der Waals surface area contributed by atoms with Crippen LogP contribution in [-0.2, 0) is 11.0 Å². The maximum atomic E-state index is 11.8. The minimum absolute atomic E-state index is 0.573. The van der Waals surface area contributed by atoms with Gasteiger partial charge in [0.2, 0.25) is 0 Å². The Morgan fingerprint density at radius 3 is 2.77 bits per heavy atom. The number of nitrogens with one attached hydrogen (secondary N) is 1. The van der Waals surface area contributed by atoms with E-state index in [-0.39, 0.29) is 0 Å². The van der Waals surface area contributed by atoms with Crippen LogP contribution in [-0.4, -0.2) is 22.9 Å². The van der Waals surface area contributed by atoms with E-state index in [2.05, 4.69) is 4.98 Å². The zero-order valence-corrected chi connectivity index (χ0v) is 15.6. The highest BCUT2D eigenvalue weighted by molar-refractivity contribution is 7.82. The maximum Gasteiger partial charge on any atom is 0.326 e. The van der Waals surface area contributed by atoms with E-state index in [1.165, 1.54) is 12.8 Å². The Bertz CT molecular complexity index is 995. The van der Waals surface area contributed by atoms with Gasteiger partial charge in [0.25, 0.3) is 0 Å². The molecule has 1 saturated carbocycles. The monoisotopic (exact) mass is 372 g/mol. The first kappa shape index (κ1) is 17.1. The van der Waals surface area contributed by atoms with Crippen LogP contribution in [0.15, 0.2) is 41.4 Å². The number of aromatic nitrogens is 2. The molecule has 0 bridgehead atoms. The number of benzene rings is 1. The van der Waals surface area contributed by atoms with Crippen molar-refractivity contribution >= 4 is 22.0 Å². The number of rotatable bonds is 6. The standard InChI is InChI=1S/C19H21N3O3S/c1-12-9-16(15-7-8-21-19(15)22(12)24-2)17-10-14(26(20)23)5-6-18(17)25-11-13-3-4-13/h5-10,13H,3-4,11,20H2,1-2H3/p+1. The summed E-state index contributed by atoms with van der Waals surface area (Å²) in [4.78, 5) is 9.26. The van der Waals surface area contributed by atoms with Crippen LogP contribution in [0.3, 0.4) is 0 Å². The van der Waals surface area contributed by atoms with Crippen LogP contribution in [0.4, 0.5) is 0 Å². The predicted molar refractivity (Wildman–Crippen MR) is 100.0 cm³/mol. The van der Waals surface area contributed by atoms with Crippen LogP contribution in [0.2, 0.25) is 0 Å². The Morgan fingerprint density at radius 2 is 2.08 bits per heavy atom. The van der Waals surface area contributed by atoms with Crippen molar-refractivity contribution in [2.75, 3.05) is 13.7 Å². The van der Waals surface area contributed by atoms with E-state index in [9.17, 15) is 4.21 Å². The lowest BCUT2D eigenvalue weighted by Crippen LogP contribution is -2.44. The Hall–Kier alpha value is -2.38. The topological polar surface area (TPSA) is 81.2 Å². The SMILES string of the molecule is CO[n+]1c(C)cc(-c2cc(S(N)=O)ccc2OCC2CC2)c2cc[nH]c21. The highest BCUT2D eigenvalue weighted by atomic mass is 32.2. The second kappa shape index (κ2) is 6.74. The van der Waals surface area contributed by atoms with Crippen LogP contribution in [0.25, 0.3) is 22.2 Å². The normalized spacial score (nSPS) is 15.2. The first-order valence-electron chi connectivity index (χ1n) is 8.59. The molecule has 3 aromatic rings. The second-order valence-corrected chi connectivity index (χ2v) is 7.69. The average Bonchev–Trinajstić information content (AvgIpc) is 3.34. The Morgan fingerprint density at radius 1 is 1.27 bits per heavy atom. The molecule has 0 spiro atoms. The van der Waals surface area contributed by atoms with Gasteiger partial charge in [0, 0.05) is 18.1 Å². The Labute approximate surface area is 154 Å². The molecule has 4 rings (SSSR count). The Balaban J connectivity index is 1.90. The number of aryl methyl sites for hydroxylation is 1. The van der Waals surface area contributed by atoms with Crippen molar-refractivity contribution in [2.45, 2.75) is 24.7 Å². The van der Waals surface area contributed by atoms with Gasteiger partial charge in [0.05, 0.1) is 23.1 Å². The van der Waals surface area contributed by atoms with Crippen LogP contribution in [0.1, 0.15) is 18.5 Å². The zero-order chi connectivity index (χ0) is 18.3. The molecule has 1 aliphatic rings. The van der Waals surface area contributed by atoms with Crippen molar-refractivity contribution in [3.05, 3.63) is 42.2 Å². The fraction of sp³-hybridized carbons (Fsp3) is 0.316. The summed E-state index contributed by atoms with van der Waals surface area (Å²) in [6.45, 7) is 2.68. The number of hydrogen-bond acceptors (Lipinski definition) is 3. The number of ether oxygens (including phenoxy) is 1. The van der Waals surface area contributed by atoms with Gasteiger partial charge in [-0.3, -0.25) is 0 Å². The summed E-state index contributed by atoms with van der Waals surface area (Å²) >= 11 is 0. The molecule has 0 radical (unpaired) electrons. The van der Waals surface area contributed by atoms with Crippen molar-refractivity contribution < 1.29 is 18.5 Å². The minimum atomic E-state index is -1.55. The molecule has 2 aromatic heterocycles. The molecule has 1 unspecified atom stereocenters. The highest BCUT2D eigenvalue weighted by Crippen LogP contribution is 2.37. The van der Waals surface area contributed by atoms with Crippen molar-refractivity contribution in [3.63, 3.8) is 0 Å². The van der Waals surface area contributed by atoms with E-state index in [0.717, 1.165) is 33.6 Å². The van der Waals surface area contributed by atoms with Crippen molar-refractivity contribution in [2.24, 2.45) is 11.1 Å². The smallest absolute Gasteiger partial charge is 0.326 e. The van der Waals surface area contributed by atoms with Gasteiger partial charge in [-0.1, -0.05) is 0 Å². The maximum absolute atomic E-state index is 11.8. The van der Waals surface area contributed by atoms with Gasteiger partial charge >= 0.3 is 5.65 Å². The number of H-pyrrole nitrogens is 1. The molecule has 1 fully saturated rings. The summed E-state index contributed by atoms with van der Waals surface area (Å²) in [5, 5.41) is 6.61. The van der Waals surface area contributed by atoms with Crippen LogP contribution < -0.4 is 19.4 Å². The number of nitrogens with zero attached hydrogens (tertiary/aromatic N) is 1. The van der Waals surface area contributed by atoms with Gasteiger partial charge in [0.15, 0.2) is 0 Å². The molecule has 3 N–H and O–H groups in total. The van der Waals surface area contributed by atoms with E-state index in [4.69, 9.17) is 14.7 Å². The quantitative estimate of drug-likeness (QED) is 0.651. The lowest BCUT2D eigenvalue weighted by Gasteiger charge is -2.14. The lowest BCUT2D eigenvalue weighted by molar-refractivity contribution is -0.870. The number of nitrogens with two attached hydrogens (primary N) is 1. The summed E-state index contributed by atoms with van der Waals surface area (Å²) < 4.78 is 19.6. The summed E-state index contributed by atoms with van der Waals surface area (Å²) in [5.74, 6) is 1.43. The van der Waals surface area contributed by atoms with Gasteiger partial charge in [-0.2, -0.15) is 0 Å². The van der Waals surface area contributed by atoms with Crippen molar-refractivity contribution in [3.8, 4) is 16.9 Å². The van der Waals surface area contributed by atoms with Gasteiger partial charge in [-0.15, -0.1) is 0 Å². The molecule has 1 aliphatic carbocycles. The van der Waals surface area contributed by atoms with E-state index in [1.807, 2.05) is 37.4 Å². The molecule has 0 saturated heterocycles. The molecule has 136 valence electrons. The third kappa shape index (κ3) is 3.08. The molecule has 26 heavy (non-hydrogen) atoms. The summed E-state index contributed by atoms with van der Waals surface area (Å²) in [7, 11) is 0.0839. The van der Waals surface area contributed by atoms with Crippen molar-refractivity contribution in [1.82, 2.24) is 4.98 Å². The number of fused-ring (bicyclic) bond motifs is 1. The van der Waals surface area contributed by atoms with Crippen molar-refractivity contribution in [1.29, 1.82) is 0 Å². The molecule has 1 atom stereocenters. The van der Waals surface area contributed by atoms with Crippen LogP contribution >= 0.6 is 0 Å². The molecular weight excluding hydrogens is 350 g/mol. The number of pyridine rings is 1. The molecule has 6 nitrogen and oxygen atoms in total. The number of hydrogen-bond donors (Lipinski definition) is 2. The summed E-state index contributed by atoms with van der Waals surface area (Å²) in [6.07, 6.45) is 4.32. The first-order valence-corrected chi connectivity index (χ1v) is 9.80. The molecule has 2 heterocycles. The molecular formula is C19H22N3O3S+. The summed E-state index contributed by atoms with van der Waals surface area (Å²) in [6, 6.07) is 9.53. The Kier molecular flexibility index (Phi) is 4.42. The predicted octanol–water partition coefficient (Wildman–Crippen LogP) is 2.26. The lowest BCUT2D eigenvalue weighted by atomic mass is 10.0. The van der Waals surface area contributed by atoms with Gasteiger partial charge in [0.1, 0.15) is 29.5 Å². The zero-order valence-electron chi connectivity index (χ0n) is 14.8. The van der Waals surface area contributed by atoms with E-state index in [0.29, 0.717) is 17.4 Å². The fourth-order valence-corrected chi connectivity index (χ4v) is 3.62. The van der Waals surface area contributed by atoms with Crippen LogP contribution in [0.5, 0.6) is 5.75 Å². The molecule has 0 amide bonds. The fourth-order valence-electron chi connectivity index (χ4n) is 3.19. The molecule has 7 heteroatoms. The van der Waals surface area contributed by atoms with E-state index >= 15 is 0 Å². The van der Waals surface area contributed by atoms with Gasteiger partial charge in [-0.05, 0) is 53.8 Å². The largest absolute Gasteiger partial charge is 0.493 e.